The Bertz CT molecular complexity index is 241. The van der Waals surface area contributed by atoms with Gasteiger partial charge in [0.2, 0.25) is 0 Å². The van der Waals surface area contributed by atoms with Crippen LogP contribution in [0.25, 0.3) is 0 Å². The van der Waals surface area contributed by atoms with E-state index in [1.807, 2.05) is 0 Å². The predicted octanol–water partition coefficient (Wildman–Crippen LogP) is 2.21. The van der Waals surface area contributed by atoms with E-state index in [0.717, 1.165) is 25.8 Å². The van der Waals surface area contributed by atoms with Crippen molar-refractivity contribution >= 4 is 6.29 Å². The van der Waals surface area contributed by atoms with Gasteiger partial charge in [0.1, 0.15) is 6.29 Å². The number of allylic oxidation sites excluding steroid dienone is 2. The van der Waals surface area contributed by atoms with Gasteiger partial charge >= 0.3 is 0 Å². The minimum absolute atomic E-state index is 0.168. The van der Waals surface area contributed by atoms with Crippen LogP contribution in [0.15, 0.2) is 11.8 Å². The molecule has 1 heterocycles. The first kappa shape index (κ1) is 9.75. The van der Waals surface area contributed by atoms with Gasteiger partial charge in [-0.05, 0) is 31.6 Å². The fourth-order valence-electron chi connectivity index (χ4n) is 2.62. The molecule has 0 spiro atoms. The Kier molecular flexibility index (Phi) is 2.90. The lowest BCUT2D eigenvalue weighted by molar-refractivity contribution is -0.112. The minimum atomic E-state index is 0.168. The Labute approximate surface area is 86.0 Å². The Morgan fingerprint density at radius 2 is 2.14 bits per heavy atom. The number of aldehydes is 1. The molecule has 0 amide bonds. The molecule has 0 aromatic rings. The highest BCUT2D eigenvalue weighted by atomic mass is 16.1. The van der Waals surface area contributed by atoms with Crippen LogP contribution < -0.4 is 0 Å². The van der Waals surface area contributed by atoms with E-state index in [4.69, 9.17) is 0 Å². The zero-order valence-electron chi connectivity index (χ0n) is 8.91. The van der Waals surface area contributed by atoms with Gasteiger partial charge in [-0.2, -0.15) is 0 Å². The highest BCUT2D eigenvalue weighted by molar-refractivity contribution is 5.59. The van der Waals surface area contributed by atoms with Crippen molar-refractivity contribution in [2.24, 2.45) is 11.8 Å². The van der Waals surface area contributed by atoms with E-state index in [-0.39, 0.29) is 5.92 Å². The predicted molar refractivity (Wildman–Crippen MR) is 56.8 cm³/mol. The molecular formula is C12H19NO. The molecule has 0 saturated carbocycles. The fraction of sp³-hybridized carbons (Fsp3) is 0.750. The van der Waals surface area contributed by atoms with Gasteiger partial charge in [-0.3, -0.25) is 0 Å². The Morgan fingerprint density at radius 3 is 2.79 bits per heavy atom. The van der Waals surface area contributed by atoms with Gasteiger partial charge < -0.3 is 9.69 Å². The van der Waals surface area contributed by atoms with E-state index in [0.29, 0.717) is 5.92 Å². The Morgan fingerprint density at radius 1 is 1.43 bits per heavy atom. The summed E-state index contributed by atoms with van der Waals surface area (Å²) in [5.41, 5.74) is 1.32. The average Bonchev–Trinajstić information content (AvgIpc) is 2.70. The Hall–Kier alpha value is -0.790. The van der Waals surface area contributed by atoms with Crippen LogP contribution in [0.5, 0.6) is 0 Å². The lowest BCUT2D eigenvalue weighted by Gasteiger charge is -2.32. The molecule has 1 aliphatic carbocycles. The molecule has 1 fully saturated rings. The van der Waals surface area contributed by atoms with Crippen molar-refractivity contribution in [3.05, 3.63) is 11.8 Å². The second kappa shape index (κ2) is 4.16. The number of likely N-dealkylation sites (tertiary alicyclic amines) is 1. The minimum Gasteiger partial charge on any atom is -0.374 e. The lowest BCUT2D eigenvalue weighted by atomic mass is 9.83. The summed E-state index contributed by atoms with van der Waals surface area (Å²) >= 11 is 0. The van der Waals surface area contributed by atoms with E-state index < -0.39 is 0 Å². The molecule has 1 saturated heterocycles. The molecule has 0 N–H and O–H groups in total. The van der Waals surface area contributed by atoms with Crippen LogP contribution in [0.2, 0.25) is 0 Å². The largest absolute Gasteiger partial charge is 0.374 e. The van der Waals surface area contributed by atoms with Crippen LogP contribution in [0, 0.1) is 11.8 Å². The molecule has 2 aliphatic rings. The normalized spacial score (nSPS) is 32.9. The average molecular weight is 193 g/mol. The third kappa shape index (κ3) is 1.70. The van der Waals surface area contributed by atoms with E-state index in [2.05, 4.69) is 17.9 Å². The summed E-state index contributed by atoms with van der Waals surface area (Å²) in [7, 11) is 0. The monoisotopic (exact) mass is 193 g/mol. The van der Waals surface area contributed by atoms with Gasteiger partial charge in [0.25, 0.3) is 0 Å². The first-order valence-electron chi connectivity index (χ1n) is 5.73. The molecule has 1 aliphatic heterocycles. The van der Waals surface area contributed by atoms with Crippen molar-refractivity contribution in [2.75, 3.05) is 13.1 Å². The maximum Gasteiger partial charge on any atom is 0.129 e. The van der Waals surface area contributed by atoms with E-state index in [9.17, 15) is 4.79 Å². The summed E-state index contributed by atoms with van der Waals surface area (Å²) < 4.78 is 0. The summed E-state index contributed by atoms with van der Waals surface area (Å²) in [6.07, 6.45) is 8.32. The highest BCUT2D eigenvalue weighted by Gasteiger charge is 2.28. The SMILES string of the molecule is CC1CCC=C(N2CCCC2)C1C=O. The summed E-state index contributed by atoms with van der Waals surface area (Å²) in [5, 5.41) is 0. The molecule has 2 nitrogen and oxygen atoms in total. The van der Waals surface area contributed by atoms with E-state index in [1.165, 1.54) is 25.0 Å². The standard InChI is InChI=1S/C12H19NO/c1-10-5-4-6-12(11(10)9-14)13-7-2-3-8-13/h6,9-11H,2-5,7-8H2,1H3. The quantitative estimate of drug-likeness (QED) is 0.627. The first-order valence-corrected chi connectivity index (χ1v) is 5.73. The van der Waals surface area contributed by atoms with Crippen molar-refractivity contribution in [1.29, 1.82) is 0 Å². The van der Waals surface area contributed by atoms with Gasteiger partial charge in [-0.1, -0.05) is 13.0 Å². The zero-order chi connectivity index (χ0) is 9.97. The molecule has 0 bridgehead atoms. The molecule has 0 aromatic heterocycles. The summed E-state index contributed by atoms with van der Waals surface area (Å²) in [6.45, 7) is 4.51. The van der Waals surface area contributed by atoms with Crippen LogP contribution in [0.1, 0.15) is 32.6 Å². The molecule has 78 valence electrons. The second-order valence-corrected chi connectivity index (χ2v) is 4.54. The molecule has 0 aromatic carbocycles. The number of nitrogens with zero attached hydrogens (tertiary/aromatic N) is 1. The number of carbonyl (C=O) groups excluding carboxylic acids is 1. The summed E-state index contributed by atoms with van der Waals surface area (Å²) in [6, 6.07) is 0. The van der Waals surface area contributed by atoms with Crippen molar-refractivity contribution in [2.45, 2.75) is 32.6 Å². The molecule has 2 unspecified atom stereocenters. The van der Waals surface area contributed by atoms with Crippen LogP contribution in [-0.2, 0) is 4.79 Å². The topological polar surface area (TPSA) is 20.3 Å². The third-order valence-corrected chi connectivity index (χ3v) is 3.55. The molecular weight excluding hydrogens is 174 g/mol. The third-order valence-electron chi connectivity index (χ3n) is 3.55. The summed E-state index contributed by atoms with van der Waals surface area (Å²) in [4.78, 5) is 13.5. The molecule has 2 heteroatoms. The van der Waals surface area contributed by atoms with E-state index >= 15 is 0 Å². The maximum atomic E-state index is 11.1. The van der Waals surface area contributed by atoms with Crippen LogP contribution >= 0.6 is 0 Å². The van der Waals surface area contributed by atoms with Gasteiger partial charge in [0.05, 0.1) is 5.92 Å². The number of hydrogen-bond acceptors (Lipinski definition) is 2. The van der Waals surface area contributed by atoms with Crippen LogP contribution in [-0.4, -0.2) is 24.3 Å². The van der Waals surface area contributed by atoms with Crippen molar-refractivity contribution in [3.63, 3.8) is 0 Å². The number of carbonyl (C=O) groups is 1. The van der Waals surface area contributed by atoms with E-state index in [1.54, 1.807) is 0 Å². The number of hydrogen-bond donors (Lipinski definition) is 0. The number of rotatable bonds is 2. The molecule has 2 rings (SSSR count). The maximum absolute atomic E-state index is 11.1. The molecule has 2 atom stereocenters. The van der Waals surface area contributed by atoms with Crippen molar-refractivity contribution < 1.29 is 4.79 Å². The first-order chi connectivity index (χ1) is 6.83. The highest BCUT2D eigenvalue weighted by Crippen LogP contribution is 2.32. The smallest absolute Gasteiger partial charge is 0.129 e. The Balaban J connectivity index is 2.13. The van der Waals surface area contributed by atoms with Gasteiger partial charge in [-0.25, -0.2) is 0 Å². The van der Waals surface area contributed by atoms with Crippen molar-refractivity contribution in [1.82, 2.24) is 4.90 Å². The second-order valence-electron chi connectivity index (χ2n) is 4.54. The van der Waals surface area contributed by atoms with Crippen LogP contribution in [0.4, 0.5) is 0 Å². The van der Waals surface area contributed by atoms with Crippen LogP contribution in [0.3, 0.4) is 0 Å². The molecule has 0 radical (unpaired) electrons. The molecule has 14 heavy (non-hydrogen) atoms. The van der Waals surface area contributed by atoms with Gasteiger partial charge in [0, 0.05) is 18.8 Å². The van der Waals surface area contributed by atoms with Crippen molar-refractivity contribution in [3.8, 4) is 0 Å². The van der Waals surface area contributed by atoms with Gasteiger partial charge in [0.15, 0.2) is 0 Å². The summed E-state index contributed by atoms with van der Waals surface area (Å²) in [5.74, 6) is 0.704. The lowest BCUT2D eigenvalue weighted by Crippen LogP contribution is -2.31. The van der Waals surface area contributed by atoms with Gasteiger partial charge in [-0.15, -0.1) is 0 Å². The zero-order valence-corrected chi connectivity index (χ0v) is 8.91. The fourth-order valence-corrected chi connectivity index (χ4v) is 2.62.